The zero-order valence-corrected chi connectivity index (χ0v) is 19.8. The molecule has 0 radical (unpaired) electrons. The number of aromatic nitrogens is 1. The van der Waals surface area contributed by atoms with Gasteiger partial charge in [0.05, 0.1) is 27.5 Å². The third kappa shape index (κ3) is 6.92. The van der Waals surface area contributed by atoms with Crippen LogP contribution in [-0.2, 0) is 11.2 Å². The summed E-state index contributed by atoms with van der Waals surface area (Å²) < 4.78 is 6.20. The Kier molecular flexibility index (Phi) is 9.80. The summed E-state index contributed by atoms with van der Waals surface area (Å²) in [5.74, 6) is 0.00200. The van der Waals surface area contributed by atoms with Crippen LogP contribution in [0.15, 0.2) is 35.1 Å². The summed E-state index contributed by atoms with van der Waals surface area (Å²) in [6.07, 6.45) is 0.842. The Morgan fingerprint density at radius 3 is 2.78 bits per heavy atom. The molecule has 0 aliphatic carbocycles. The van der Waals surface area contributed by atoms with Crippen molar-refractivity contribution in [1.82, 2.24) is 15.6 Å². The molecule has 0 saturated heterocycles. The van der Waals surface area contributed by atoms with Crippen molar-refractivity contribution in [1.29, 1.82) is 0 Å². The van der Waals surface area contributed by atoms with Gasteiger partial charge in [0.15, 0.2) is 0 Å². The number of rotatable bonds is 13. The first-order chi connectivity index (χ1) is 15.5. The Bertz CT molecular complexity index is 1070. The highest BCUT2D eigenvalue weighted by Crippen LogP contribution is 2.31. The molecule has 1 atom stereocenters. The first kappa shape index (κ1) is 25.0. The minimum atomic E-state index is -0.775. The van der Waals surface area contributed by atoms with Crippen LogP contribution in [0.25, 0.3) is 10.2 Å². The minimum Gasteiger partial charge on any atom is -0.506 e. The van der Waals surface area contributed by atoms with Crippen LogP contribution in [0, 0.1) is 0 Å². The average molecular weight is 500 g/mol. The average Bonchev–Trinajstić information content (AvgIpc) is 3.17. The fraction of sp³-hybridized carbons (Fsp3) is 0.409. The number of aliphatic hydroxyl groups excluding tert-OH is 1. The number of aromatic amines is 1. The van der Waals surface area contributed by atoms with Crippen molar-refractivity contribution < 1.29 is 14.9 Å². The molecule has 0 amide bonds. The normalized spacial score (nSPS) is 12.5. The van der Waals surface area contributed by atoms with Crippen molar-refractivity contribution in [2.45, 2.75) is 18.9 Å². The van der Waals surface area contributed by atoms with Gasteiger partial charge in [-0.1, -0.05) is 52.7 Å². The fourth-order valence-corrected chi connectivity index (χ4v) is 4.62. The number of H-pyrrole nitrogens is 1. The van der Waals surface area contributed by atoms with Crippen LogP contribution >= 0.6 is 34.5 Å². The largest absolute Gasteiger partial charge is 0.506 e. The van der Waals surface area contributed by atoms with Crippen molar-refractivity contribution in [2.75, 3.05) is 39.4 Å². The van der Waals surface area contributed by atoms with Gasteiger partial charge in [-0.2, -0.15) is 0 Å². The van der Waals surface area contributed by atoms with Gasteiger partial charge in [0, 0.05) is 25.3 Å². The molecule has 3 rings (SSSR count). The van der Waals surface area contributed by atoms with Gasteiger partial charge in [0.1, 0.15) is 11.3 Å². The van der Waals surface area contributed by atoms with Crippen molar-refractivity contribution in [3.05, 3.63) is 61.2 Å². The Morgan fingerprint density at radius 1 is 1.09 bits per heavy atom. The summed E-state index contributed by atoms with van der Waals surface area (Å²) in [7, 11) is 0. The highest BCUT2D eigenvalue weighted by molar-refractivity contribution is 7.16. The number of hydrogen-bond acceptors (Lipinski definition) is 7. The molecule has 0 spiro atoms. The highest BCUT2D eigenvalue weighted by Gasteiger charge is 2.15. The lowest BCUT2D eigenvalue weighted by atomic mass is 10.1. The molecule has 0 saturated carbocycles. The zero-order chi connectivity index (χ0) is 22.9. The predicted octanol–water partition coefficient (Wildman–Crippen LogP) is 3.46. The van der Waals surface area contributed by atoms with Crippen LogP contribution in [-0.4, -0.2) is 54.6 Å². The lowest BCUT2D eigenvalue weighted by molar-refractivity contribution is 0.131. The van der Waals surface area contributed by atoms with Crippen LogP contribution in [0.3, 0.4) is 0 Å². The second-order valence-electron chi connectivity index (χ2n) is 7.29. The van der Waals surface area contributed by atoms with Gasteiger partial charge < -0.3 is 30.6 Å². The number of phenols is 1. The van der Waals surface area contributed by atoms with Gasteiger partial charge in [-0.25, -0.2) is 0 Å². The fourth-order valence-electron chi connectivity index (χ4n) is 3.29. The quantitative estimate of drug-likeness (QED) is 0.230. The lowest BCUT2D eigenvalue weighted by Gasteiger charge is -2.13. The molecule has 0 bridgehead atoms. The van der Waals surface area contributed by atoms with Gasteiger partial charge in [0.25, 0.3) is 0 Å². The standard InChI is InChI=1S/C22H27Cl2N3O4S/c23-16-4-1-3-14(19(16)24)7-9-25-10-12-31-11-2-8-26-13-18(29)15-5-6-17(28)20-21(15)32-22(30)27-20/h1,3-6,18,25-26,28-29H,2,7-13H2,(H,27,30)/t18-/m0/s1. The van der Waals surface area contributed by atoms with E-state index >= 15 is 0 Å². The third-order valence-corrected chi connectivity index (χ3v) is 6.74. The van der Waals surface area contributed by atoms with Crippen LogP contribution in [0.1, 0.15) is 23.7 Å². The van der Waals surface area contributed by atoms with Crippen molar-refractivity contribution in [3.63, 3.8) is 0 Å². The molecule has 0 unspecified atom stereocenters. The summed E-state index contributed by atoms with van der Waals surface area (Å²) in [6, 6.07) is 8.77. The van der Waals surface area contributed by atoms with E-state index in [1.807, 2.05) is 12.1 Å². The first-order valence-corrected chi connectivity index (χ1v) is 12.0. The van der Waals surface area contributed by atoms with Gasteiger partial charge >= 0.3 is 4.87 Å². The number of nitrogens with one attached hydrogen (secondary N) is 3. The van der Waals surface area contributed by atoms with Gasteiger partial charge in [-0.3, -0.25) is 4.79 Å². The number of aromatic hydroxyl groups is 1. The van der Waals surface area contributed by atoms with E-state index in [4.69, 9.17) is 27.9 Å². The molecule has 1 aromatic heterocycles. The molecule has 0 fully saturated rings. The highest BCUT2D eigenvalue weighted by atomic mass is 35.5. The molecule has 0 aliphatic rings. The predicted molar refractivity (Wildman–Crippen MR) is 130 cm³/mol. The summed E-state index contributed by atoms with van der Waals surface area (Å²) in [4.78, 5) is 13.9. The summed E-state index contributed by atoms with van der Waals surface area (Å²) >= 11 is 13.2. The Morgan fingerprint density at radius 2 is 1.94 bits per heavy atom. The maximum Gasteiger partial charge on any atom is 0.305 e. The molecule has 10 heteroatoms. The lowest BCUT2D eigenvalue weighted by Crippen LogP contribution is -2.25. The van der Waals surface area contributed by atoms with Gasteiger partial charge in [-0.05, 0) is 43.6 Å². The molecular formula is C22H27Cl2N3O4S. The molecule has 3 aromatic rings. The molecule has 32 heavy (non-hydrogen) atoms. The van der Waals surface area contributed by atoms with E-state index < -0.39 is 6.10 Å². The Balaban J connectivity index is 1.24. The topological polar surface area (TPSA) is 107 Å². The van der Waals surface area contributed by atoms with Crippen LogP contribution in [0.5, 0.6) is 5.75 Å². The third-order valence-electron chi connectivity index (χ3n) is 4.95. The summed E-state index contributed by atoms with van der Waals surface area (Å²) in [5.41, 5.74) is 2.02. The SMILES string of the molecule is O=c1[nH]c2c(O)ccc([C@@H](O)CNCCCOCCNCCc3cccc(Cl)c3Cl)c2s1. The zero-order valence-electron chi connectivity index (χ0n) is 17.5. The van der Waals surface area contributed by atoms with E-state index in [1.165, 1.54) is 6.07 Å². The van der Waals surface area contributed by atoms with E-state index in [-0.39, 0.29) is 10.6 Å². The second kappa shape index (κ2) is 12.6. The van der Waals surface area contributed by atoms with E-state index in [0.717, 1.165) is 42.8 Å². The monoisotopic (exact) mass is 499 g/mol. The molecule has 1 heterocycles. The second-order valence-corrected chi connectivity index (χ2v) is 9.06. The number of benzene rings is 2. The molecule has 174 valence electrons. The first-order valence-electron chi connectivity index (χ1n) is 10.4. The summed E-state index contributed by atoms with van der Waals surface area (Å²) in [6.45, 7) is 3.82. The maximum absolute atomic E-state index is 11.6. The van der Waals surface area contributed by atoms with Crippen molar-refractivity contribution in [3.8, 4) is 5.75 Å². The molecule has 7 nitrogen and oxygen atoms in total. The van der Waals surface area contributed by atoms with Gasteiger partial charge in [0.2, 0.25) is 0 Å². The van der Waals surface area contributed by atoms with Crippen molar-refractivity contribution >= 4 is 44.8 Å². The van der Waals surface area contributed by atoms with Crippen LogP contribution < -0.4 is 15.5 Å². The molecule has 0 aliphatic heterocycles. The minimum absolute atomic E-state index is 0.00200. The van der Waals surface area contributed by atoms with E-state index in [0.29, 0.717) is 52.1 Å². The number of hydrogen-bond donors (Lipinski definition) is 5. The number of phenolic OH excluding ortho intramolecular Hbond substituents is 1. The van der Waals surface area contributed by atoms with E-state index in [1.54, 1.807) is 12.1 Å². The maximum atomic E-state index is 11.6. The van der Waals surface area contributed by atoms with Crippen LogP contribution in [0.4, 0.5) is 0 Å². The molecule has 5 N–H and O–H groups in total. The number of ether oxygens (including phenoxy) is 1. The van der Waals surface area contributed by atoms with E-state index in [2.05, 4.69) is 15.6 Å². The van der Waals surface area contributed by atoms with Crippen LogP contribution in [0.2, 0.25) is 10.0 Å². The number of thiazole rings is 1. The smallest absolute Gasteiger partial charge is 0.305 e. The number of fused-ring (bicyclic) bond motifs is 1. The number of halogens is 2. The van der Waals surface area contributed by atoms with Gasteiger partial charge in [-0.15, -0.1) is 0 Å². The Labute approximate surface area is 200 Å². The molecule has 2 aromatic carbocycles. The molecular weight excluding hydrogens is 473 g/mol. The van der Waals surface area contributed by atoms with E-state index in [9.17, 15) is 15.0 Å². The van der Waals surface area contributed by atoms with Crippen molar-refractivity contribution in [2.24, 2.45) is 0 Å². The summed E-state index contributed by atoms with van der Waals surface area (Å²) in [5, 5.41) is 28.0. The Hall–Kier alpha value is -1.65. The number of aliphatic hydroxyl groups is 1.